The fourth-order valence-electron chi connectivity index (χ4n) is 3.61. The number of alkyl carbamates (subject to hydrolysis) is 1. The van der Waals surface area contributed by atoms with E-state index in [0.717, 1.165) is 31.7 Å². The van der Waals surface area contributed by atoms with Crippen LogP contribution in [0.4, 0.5) is 4.79 Å². The summed E-state index contributed by atoms with van der Waals surface area (Å²) in [6.45, 7) is 6.11. The number of carbonyl (C=O) groups excluding carboxylic acids is 1. The van der Waals surface area contributed by atoms with Crippen molar-refractivity contribution in [2.75, 3.05) is 13.2 Å². The quantitative estimate of drug-likeness (QED) is 0.785. The Hall–Kier alpha value is -0.770. The van der Waals surface area contributed by atoms with E-state index in [1.54, 1.807) is 0 Å². The highest BCUT2D eigenvalue weighted by molar-refractivity contribution is 5.67. The van der Waals surface area contributed by atoms with Gasteiger partial charge >= 0.3 is 6.09 Å². The zero-order valence-electron chi connectivity index (χ0n) is 13.1. The predicted molar refractivity (Wildman–Crippen MR) is 80.5 cm³/mol. The van der Waals surface area contributed by atoms with Crippen molar-refractivity contribution >= 4 is 6.09 Å². The SMILES string of the molecule is CCCCOC(=O)NC1CCCCN1C1CCCC1C. The highest BCUT2D eigenvalue weighted by Crippen LogP contribution is 2.32. The number of hydrogen-bond donors (Lipinski definition) is 1. The van der Waals surface area contributed by atoms with Crippen LogP contribution in [0.3, 0.4) is 0 Å². The Balaban J connectivity index is 1.85. The van der Waals surface area contributed by atoms with Crippen LogP contribution in [0.5, 0.6) is 0 Å². The number of nitrogens with zero attached hydrogens (tertiary/aromatic N) is 1. The molecule has 1 saturated heterocycles. The molecule has 4 nitrogen and oxygen atoms in total. The monoisotopic (exact) mass is 282 g/mol. The van der Waals surface area contributed by atoms with Crippen LogP contribution in [-0.4, -0.2) is 36.4 Å². The molecule has 2 fully saturated rings. The highest BCUT2D eigenvalue weighted by Gasteiger charge is 2.35. The highest BCUT2D eigenvalue weighted by atomic mass is 16.5. The maximum Gasteiger partial charge on any atom is 0.408 e. The van der Waals surface area contributed by atoms with Crippen molar-refractivity contribution in [1.82, 2.24) is 10.2 Å². The van der Waals surface area contributed by atoms with Gasteiger partial charge in [0.25, 0.3) is 0 Å². The molecule has 1 N–H and O–H groups in total. The van der Waals surface area contributed by atoms with Crippen LogP contribution in [0, 0.1) is 5.92 Å². The standard InChI is InChI=1S/C16H30N2O2/c1-3-4-12-20-16(19)17-15-10-5-6-11-18(15)14-9-7-8-13(14)2/h13-15H,3-12H2,1-2H3,(H,17,19). The summed E-state index contributed by atoms with van der Waals surface area (Å²) < 4.78 is 5.25. The summed E-state index contributed by atoms with van der Waals surface area (Å²) in [4.78, 5) is 14.4. The molecular formula is C16H30N2O2. The zero-order chi connectivity index (χ0) is 14.4. The Morgan fingerprint density at radius 1 is 1.25 bits per heavy atom. The second-order valence-corrected chi connectivity index (χ2v) is 6.36. The smallest absolute Gasteiger partial charge is 0.408 e. The normalized spacial score (nSPS) is 31.2. The van der Waals surface area contributed by atoms with Crippen molar-refractivity contribution in [3.63, 3.8) is 0 Å². The molecule has 2 rings (SSSR count). The molecule has 1 amide bonds. The van der Waals surface area contributed by atoms with Crippen LogP contribution >= 0.6 is 0 Å². The summed E-state index contributed by atoms with van der Waals surface area (Å²) in [7, 11) is 0. The summed E-state index contributed by atoms with van der Waals surface area (Å²) >= 11 is 0. The lowest BCUT2D eigenvalue weighted by Crippen LogP contribution is -2.55. The number of nitrogens with one attached hydrogen (secondary N) is 1. The Bertz CT molecular complexity index is 309. The lowest BCUT2D eigenvalue weighted by molar-refractivity contribution is 0.0508. The number of ether oxygens (including phenoxy) is 1. The fraction of sp³-hybridized carbons (Fsp3) is 0.938. The number of likely N-dealkylation sites (tertiary alicyclic amines) is 1. The molecule has 4 heteroatoms. The Morgan fingerprint density at radius 2 is 2.10 bits per heavy atom. The van der Waals surface area contributed by atoms with Gasteiger partial charge in [-0.2, -0.15) is 0 Å². The first kappa shape index (κ1) is 15.6. The summed E-state index contributed by atoms with van der Waals surface area (Å²) in [5.41, 5.74) is 0. The number of carbonyl (C=O) groups is 1. The van der Waals surface area contributed by atoms with Gasteiger partial charge in [-0.25, -0.2) is 4.79 Å². The molecule has 3 atom stereocenters. The molecule has 1 saturated carbocycles. The van der Waals surface area contributed by atoms with E-state index in [4.69, 9.17) is 4.74 Å². The van der Waals surface area contributed by atoms with Crippen molar-refractivity contribution in [2.24, 2.45) is 5.92 Å². The summed E-state index contributed by atoms with van der Waals surface area (Å²) in [5, 5.41) is 3.09. The third-order valence-electron chi connectivity index (χ3n) is 4.80. The first-order chi connectivity index (χ1) is 9.72. The molecule has 116 valence electrons. The van der Waals surface area contributed by atoms with Crippen molar-refractivity contribution in [3.05, 3.63) is 0 Å². The number of unbranched alkanes of at least 4 members (excludes halogenated alkanes) is 1. The maximum atomic E-state index is 11.9. The molecular weight excluding hydrogens is 252 g/mol. The summed E-state index contributed by atoms with van der Waals surface area (Å²) in [6.07, 6.45) is 9.42. The Kier molecular flexibility index (Phi) is 6.14. The molecule has 2 aliphatic rings. The van der Waals surface area contributed by atoms with E-state index < -0.39 is 0 Å². The van der Waals surface area contributed by atoms with Crippen LogP contribution in [0.25, 0.3) is 0 Å². The van der Waals surface area contributed by atoms with Crippen LogP contribution in [0.15, 0.2) is 0 Å². The van der Waals surface area contributed by atoms with Gasteiger partial charge in [-0.1, -0.05) is 26.7 Å². The summed E-state index contributed by atoms with van der Waals surface area (Å²) in [6, 6.07) is 0.649. The fourth-order valence-corrected chi connectivity index (χ4v) is 3.61. The van der Waals surface area contributed by atoms with Gasteiger partial charge in [-0.15, -0.1) is 0 Å². The van der Waals surface area contributed by atoms with Gasteiger partial charge in [0.2, 0.25) is 0 Å². The van der Waals surface area contributed by atoms with Gasteiger partial charge in [0.05, 0.1) is 12.8 Å². The van der Waals surface area contributed by atoms with Crippen molar-refractivity contribution in [2.45, 2.75) is 77.4 Å². The third-order valence-corrected chi connectivity index (χ3v) is 4.80. The first-order valence-electron chi connectivity index (χ1n) is 8.41. The molecule has 1 heterocycles. The van der Waals surface area contributed by atoms with Crippen molar-refractivity contribution in [3.8, 4) is 0 Å². The predicted octanol–water partition coefficient (Wildman–Crippen LogP) is 3.51. The van der Waals surface area contributed by atoms with Crippen LogP contribution in [0.2, 0.25) is 0 Å². The minimum atomic E-state index is -0.235. The van der Waals surface area contributed by atoms with Crippen molar-refractivity contribution < 1.29 is 9.53 Å². The first-order valence-corrected chi connectivity index (χ1v) is 8.41. The number of amides is 1. The minimum Gasteiger partial charge on any atom is -0.450 e. The Labute approximate surface area is 123 Å². The van der Waals surface area contributed by atoms with E-state index in [1.807, 2.05) is 0 Å². The van der Waals surface area contributed by atoms with Gasteiger partial charge in [-0.3, -0.25) is 4.90 Å². The Morgan fingerprint density at radius 3 is 2.80 bits per heavy atom. The number of piperidine rings is 1. The van der Waals surface area contributed by atoms with E-state index in [2.05, 4.69) is 24.1 Å². The molecule has 0 radical (unpaired) electrons. The number of rotatable bonds is 5. The molecule has 0 aromatic rings. The van der Waals surface area contributed by atoms with Gasteiger partial charge in [-0.05, 0) is 44.4 Å². The molecule has 3 unspecified atom stereocenters. The average Bonchev–Trinajstić information content (AvgIpc) is 2.86. The topological polar surface area (TPSA) is 41.6 Å². The third kappa shape index (κ3) is 4.11. The van der Waals surface area contributed by atoms with Gasteiger partial charge in [0.1, 0.15) is 0 Å². The second kappa shape index (κ2) is 7.87. The second-order valence-electron chi connectivity index (χ2n) is 6.36. The molecule has 0 bridgehead atoms. The van der Waals surface area contributed by atoms with E-state index in [1.165, 1.54) is 32.1 Å². The van der Waals surface area contributed by atoms with E-state index in [0.29, 0.717) is 12.6 Å². The molecule has 1 aliphatic carbocycles. The van der Waals surface area contributed by atoms with Crippen LogP contribution in [-0.2, 0) is 4.74 Å². The van der Waals surface area contributed by atoms with E-state index >= 15 is 0 Å². The molecule has 20 heavy (non-hydrogen) atoms. The largest absolute Gasteiger partial charge is 0.450 e. The summed E-state index contributed by atoms with van der Waals surface area (Å²) in [5.74, 6) is 0.758. The number of hydrogen-bond acceptors (Lipinski definition) is 3. The molecule has 1 aliphatic heterocycles. The van der Waals surface area contributed by atoms with Gasteiger partial charge in [0, 0.05) is 12.6 Å². The minimum absolute atomic E-state index is 0.184. The molecule has 0 aromatic carbocycles. The lowest BCUT2D eigenvalue weighted by Gasteiger charge is -2.41. The average molecular weight is 282 g/mol. The van der Waals surface area contributed by atoms with Crippen molar-refractivity contribution in [1.29, 1.82) is 0 Å². The van der Waals surface area contributed by atoms with Gasteiger partial charge in [0.15, 0.2) is 0 Å². The van der Waals surface area contributed by atoms with Crippen LogP contribution in [0.1, 0.15) is 65.2 Å². The zero-order valence-corrected chi connectivity index (χ0v) is 13.1. The van der Waals surface area contributed by atoms with Crippen LogP contribution < -0.4 is 5.32 Å². The van der Waals surface area contributed by atoms with E-state index in [-0.39, 0.29) is 12.3 Å². The van der Waals surface area contributed by atoms with Gasteiger partial charge < -0.3 is 10.1 Å². The van der Waals surface area contributed by atoms with E-state index in [9.17, 15) is 4.79 Å². The molecule has 0 spiro atoms. The molecule has 0 aromatic heterocycles. The maximum absolute atomic E-state index is 11.9. The lowest BCUT2D eigenvalue weighted by atomic mass is 9.99.